The summed E-state index contributed by atoms with van der Waals surface area (Å²) in [6.07, 6.45) is -8.94. The highest BCUT2D eigenvalue weighted by molar-refractivity contribution is 5.53. The first-order valence-corrected chi connectivity index (χ1v) is 7.13. The van der Waals surface area contributed by atoms with Crippen molar-refractivity contribution in [2.75, 3.05) is 11.4 Å². The van der Waals surface area contributed by atoms with E-state index in [9.17, 15) is 26.3 Å². The third kappa shape index (κ3) is 2.94. The predicted molar refractivity (Wildman–Crippen MR) is 74.5 cm³/mol. The topological polar surface area (TPSA) is 21.1 Å². The van der Waals surface area contributed by atoms with E-state index in [1.165, 1.54) is 23.7 Å². The molecule has 9 heteroatoms. The van der Waals surface area contributed by atoms with Gasteiger partial charge < -0.3 is 4.90 Å². The third-order valence-electron chi connectivity index (χ3n) is 3.96. The molecule has 0 radical (unpaired) electrons. The molecule has 0 saturated heterocycles. The molecule has 1 aliphatic rings. The lowest BCUT2D eigenvalue weighted by Crippen LogP contribution is -2.21. The van der Waals surface area contributed by atoms with Gasteiger partial charge in [-0.2, -0.15) is 31.4 Å². The second kappa shape index (κ2) is 5.42. The molecule has 130 valence electrons. The first-order chi connectivity index (χ1) is 11.1. The summed E-state index contributed by atoms with van der Waals surface area (Å²) in [5.41, 5.74) is -1.06. The summed E-state index contributed by atoms with van der Waals surface area (Å²) in [5.74, 6) is 0.363. The van der Waals surface area contributed by atoms with Gasteiger partial charge in [0.25, 0.3) is 0 Å². The third-order valence-corrected chi connectivity index (χ3v) is 3.96. The van der Waals surface area contributed by atoms with Crippen LogP contribution in [-0.2, 0) is 25.4 Å². The van der Waals surface area contributed by atoms with Gasteiger partial charge in [-0.1, -0.05) is 12.1 Å². The molecule has 1 aromatic heterocycles. The summed E-state index contributed by atoms with van der Waals surface area (Å²) in [6.45, 7) is 2.35. The fourth-order valence-corrected chi connectivity index (χ4v) is 2.86. The van der Waals surface area contributed by atoms with Crippen molar-refractivity contribution in [1.82, 2.24) is 9.78 Å². The molecular formula is C15H13F6N3. The van der Waals surface area contributed by atoms with E-state index in [-0.39, 0.29) is 12.1 Å². The Bertz CT molecular complexity index is 742. The fraction of sp³-hybridized carbons (Fsp3) is 0.400. The van der Waals surface area contributed by atoms with E-state index >= 15 is 0 Å². The van der Waals surface area contributed by atoms with Gasteiger partial charge in [0.05, 0.1) is 12.1 Å². The molecule has 0 fully saturated rings. The van der Waals surface area contributed by atoms with E-state index < -0.39 is 23.6 Å². The Morgan fingerprint density at radius 3 is 2.12 bits per heavy atom. The second-order valence-electron chi connectivity index (χ2n) is 5.63. The summed E-state index contributed by atoms with van der Waals surface area (Å²) in [4.78, 5) is 1.69. The number of hydrogen-bond acceptors (Lipinski definition) is 2. The van der Waals surface area contributed by atoms with Crippen molar-refractivity contribution in [2.24, 2.45) is 0 Å². The van der Waals surface area contributed by atoms with E-state index in [0.717, 1.165) is 12.1 Å². The molecular weight excluding hydrogens is 336 g/mol. The maximum Gasteiger partial charge on any atom is 0.435 e. The molecule has 0 saturated carbocycles. The van der Waals surface area contributed by atoms with Gasteiger partial charge in [0, 0.05) is 18.7 Å². The zero-order chi connectivity index (χ0) is 17.7. The second-order valence-corrected chi connectivity index (χ2v) is 5.63. The Morgan fingerprint density at radius 1 is 0.958 bits per heavy atom. The number of hydrogen-bond donors (Lipinski definition) is 0. The van der Waals surface area contributed by atoms with Crippen molar-refractivity contribution in [3.05, 3.63) is 46.6 Å². The summed E-state index contributed by atoms with van der Waals surface area (Å²) < 4.78 is 77.7. The summed E-state index contributed by atoms with van der Waals surface area (Å²) in [7, 11) is 0. The van der Waals surface area contributed by atoms with E-state index in [1.807, 2.05) is 0 Å². The number of fused-ring (bicyclic) bond motifs is 1. The standard InChI is InChI=1S/C15H13F6N3/c1-9-12(15(19,20)21)22-24-7-6-23(13(9)24)8-10-2-4-11(5-3-10)14(16,17)18/h2-5H,6-8H2,1H3. The Labute approximate surface area is 133 Å². The van der Waals surface area contributed by atoms with Crippen molar-refractivity contribution >= 4 is 5.82 Å². The smallest absolute Gasteiger partial charge is 0.350 e. The van der Waals surface area contributed by atoms with Crippen LogP contribution in [0.1, 0.15) is 22.4 Å². The molecule has 0 amide bonds. The van der Waals surface area contributed by atoms with Gasteiger partial charge >= 0.3 is 12.4 Å². The van der Waals surface area contributed by atoms with Crippen LogP contribution in [0.5, 0.6) is 0 Å². The maximum atomic E-state index is 12.9. The van der Waals surface area contributed by atoms with Crippen LogP contribution in [0.3, 0.4) is 0 Å². The average Bonchev–Trinajstić information content (AvgIpc) is 3.00. The predicted octanol–water partition coefficient (Wildman–Crippen LogP) is 4.25. The van der Waals surface area contributed by atoms with Crippen molar-refractivity contribution in [2.45, 2.75) is 32.4 Å². The minimum absolute atomic E-state index is 0.0342. The number of halogens is 6. The molecule has 1 aromatic carbocycles. The zero-order valence-corrected chi connectivity index (χ0v) is 12.5. The first kappa shape index (κ1) is 16.7. The van der Waals surface area contributed by atoms with Crippen molar-refractivity contribution < 1.29 is 26.3 Å². The quantitative estimate of drug-likeness (QED) is 0.756. The molecule has 0 N–H and O–H groups in total. The Balaban J connectivity index is 1.83. The van der Waals surface area contributed by atoms with E-state index in [1.54, 1.807) is 4.90 Å². The number of aromatic nitrogens is 2. The van der Waals surface area contributed by atoms with Crippen LogP contribution in [0.4, 0.5) is 32.2 Å². The van der Waals surface area contributed by atoms with Crippen LogP contribution in [0.15, 0.2) is 24.3 Å². The molecule has 3 rings (SSSR count). The molecule has 0 unspecified atom stereocenters. The molecule has 2 aromatic rings. The van der Waals surface area contributed by atoms with Gasteiger partial charge in [-0.15, -0.1) is 0 Å². The van der Waals surface area contributed by atoms with Gasteiger partial charge in [-0.25, -0.2) is 4.68 Å². The summed E-state index contributed by atoms with van der Waals surface area (Å²) in [6, 6.07) is 4.61. The molecule has 3 nitrogen and oxygen atoms in total. The maximum absolute atomic E-state index is 12.9. The molecule has 0 atom stereocenters. The number of nitrogens with zero attached hydrogens (tertiary/aromatic N) is 3. The van der Waals surface area contributed by atoms with Crippen LogP contribution in [0.25, 0.3) is 0 Å². The first-order valence-electron chi connectivity index (χ1n) is 7.13. The van der Waals surface area contributed by atoms with Gasteiger partial charge in [-0.3, -0.25) is 0 Å². The van der Waals surface area contributed by atoms with Gasteiger partial charge in [0.2, 0.25) is 0 Å². The highest BCUT2D eigenvalue weighted by Crippen LogP contribution is 2.38. The molecule has 24 heavy (non-hydrogen) atoms. The monoisotopic (exact) mass is 349 g/mol. The lowest BCUT2D eigenvalue weighted by molar-refractivity contribution is -0.142. The van der Waals surface area contributed by atoms with Crippen LogP contribution >= 0.6 is 0 Å². The van der Waals surface area contributed by atoms with E-state index in [4.69, 9.17) is 0 Å². The minimum Gasteiger partial charge on any atom is -0.350 e. The van der Waals surface area contributed by atoms with Gasteiger partial charge in [0.15, 0.2) is 5.69 Å². The Morgan fingerprint density at radius 2 is 1.58 bits per heavy atom. The molecule has 1 aliphatic heterocycles. The summed E-state index contributed by atoms with van der Waals surface area (Å²) >= 11 is 0. The highest BCUT2D eigenvalue weighted by atomic mass is 19.4. The van der Waals surface area contributed by atoms with Crippen LogP contribution < -0.4 is 4.90 Å². The number of benzene rings is 1. The Hall–Kier alpha value is -2.19. The van der Waals surface area contributed by atoms with E-state index in [0.29, 0.717) is 24.5 Å². The van der Waals surface area contributed by atoms with Crippen LogP contribution in [0.2, 0.25) is 0 Å². The van der Waals surface area contributed by atoms with Crippen LogP contribution in [0, 0.1) is 6.92 Å². The summed E-state index contributed by atoms with van der Waals surface area (Å²) in [5, 5.41) is 3.60. The molecule has 0 spiro atoms. The largest absolute Gasteiger partial charge is 0.435 e. The SMILES string of the molecule is Cc1c(C(F)(F)F)nn2c1N(Cc1ccc(C(F)(F)F)cc1)CC2. The number of rotatable bonds is 2. The highest BCUT2D eigenvalue weighted by Gasteiger charge is 2.40. The van der Waals surface area contributed by atoms with Crippen LogP contribution in [-0.4, -0.2) is 16.3 Å². The molecule has 0 bridgehead atoms. The Kier molecular flexibility index (Phi) is 3.76. The number of alkyl halides is 6. The van der Waals surface area contributed by atoms with E-state index in [2.05, 4.69) is 5.10 Å². The van der Waals surface area contributed by atoms with Crippen molar-refractivity contribution in [1.29, 1.82) is 0 Å². The zero-order valence-electron chi connectivity index (χ0n) is 12.5. The minimum atomic E-state index is -4.53. The normalized spacial score (nSPS) is 15.0. The average molecular weight is 349 g/mol. The van der Waals surface area contributed by atoms with Gasteiger partial charge in [0.1, 0.15) is 5.82 Å². The lowest BCUT2D eigenvalue weighted by Gasteiger charge is -2.19. The van der Waals surface area contributed by atoms with Crippen molar-refractivity contribution in [3.63, 3.8) is 0 Å². The fourth-order valence-electron chi connectivity index (χ4n) is 2.86. The van der Waals surface area contributed by atoms with Gasteiger partial charge in [-0.05, 0) is 24.6 Å². The molecule has 2 heterocycles. The lowest BCUT2D eigenvalue weighted by atomic mass is 10.1. The van der Waals surface area contributed by atoms with Crippen molar-refractivity contribution in [3.8, 4) is 0 Å². The number of anilines is 1. The molecule has 0 aliphatic carbocycles.